The van der Waals surface area contributed by atoms with E-state index in [0.29, 0.717) is 5.76 Å². The molecule has 0 amide bonds. The number of methoxy groups -OCH3 is 1. The SMILES string of the molecule is CCCc1ccc(S(=O)(=O)NCC(OC)c2ccco2)cc1. The first-order valence-electron chi connectivity index (χ1n) is 7.21. The van der Waals surface area contributed by atoms with Gasteiger partial charge in [0.1, 0.15) is 11.9 Å². The maximum Gasteiger partial charge on any atom is 0.240 e. The van der Waals surface area contributed by atoms with Crippen molar-refractivity contribution in [2.45, 2.75) is 30.8 Å². The van der Waals surface area contributed by atoms with Crippen molar-refractivity contribution >= 4 is 10.0 Å². The average molecular weight is 323 g/mol. The molecule has 2 rings (SSSR count). The number of hydrogen-bond acceptors (Lipinski definition) is 4. The summed E-state index contributed by atoms with van der Waals surface area (Å²) in [6.07, 6.45) is 3.05. The third-order valence-corrected chi connectivity index (χ3v) is 4.82. The molecule has 1 aromatic heterocycles. The van der Waals surface area contributed by atoms with Crippen molar-refractivity contribution < 1.29 is 17.6 Å². The minimum atomic E-state index is -3.56. The van der Waals surface area contributed by atoms with E-state index in [0.717, 1.165) is 18.4 Å². The van der Waals surface area contributed by atoms with E-state index in [-0.39, 0.29) is 11.4 Å². The van der Waals surface area contributed by atoms with Gasteiger partial charge in [0.2, 0.25) is 10.0 Å². The Hall–Kier alpha value is -1.63. The number of furan rings is 1. The Morgan fingerprint density at radius 1 is 1.23 bits per heavy atom. The van der Waals surface area contributed by atoms with E-state index in [4.69, 9.17) is 9.15 Å². The van der Waals surface area contributed by atoms with Crippen LogP contribution in [0.1, 0.15) is 30.8 Å². The number of rotatable bonds is 8. The maximum atomic E-state index is 12.3. The fraction of sp³-hybridized carbons (Fsp3) is 0.375. The molecule has 120 valence electrons. The van der Waals surface area contributed by atoms with E-state index >= 15 is 0 Å². The Balaban J connectivity index is 2.04. The lowest BCUT2D eigenvalue weighted by molar-refractivity contribution is 0.0878. The quantitative estimate of drug-likeness (QED) is 0.811. The minimum absolute atomic E-state index is 0.114. The molecule has 1 N–H and O–H groups in total. The van der Waals surface area contributed by atoms with Crippen molar-refractivity contribution in [1.29, 1.82) is 0 Å². The molecule has 1 aromatic carbocycles. The second-order valence-corrected chi connectivity index (χ2v) is 6.75. The predicted molar refractivity (Wildman–Crippen MR) is 84.1 cm³/mol. The van der Waals surface area contributed by atoms with Gasteiger partial charge in [-0.2, -0.15) is 0 Å². The molecule has 5 nitrogen and oxygen atoms in total. The standard InChI is InChI=1S/C16H21NO4S/c1-3-5-13-7-9-14(10-8-13)22(18,19)17-12-16(20-2)15-6-4-11-21-15/h4,6-11,16-17H,3,5,12H2,1-2H3. The number of nitrogens with one attached hydrogen (secondary N) is 1. The number of sulfonamides is 1. The van der Waals surface area contributed by atoms with Gasteiger partial charge in [0.15, 0.2) is 0 Å². The van der Waals surface area contributed by atoms with Gasteiger partial charge in [-0.3, -0.25) is 0 Å². The van der Waals surface area contributed by atoms with E-state index in [1.54, 1.807) is 24.3 Å². The highest BCUT2D eigenvalue weighted by molar-refractivity contribution is 7.89. The summed E-state index contributed by atoms with van der Waals surface area (Å²) < 4.78 is 37.6. The smallest absolute Gasteiger partial charge is 0.240 e. The maximum absolute atomic E-state index is 12.3. The lowest BCUT2D eigenvalue weighted by Gasteiger charge is -2.14. The van der Waals surface area contributed by atoms with Gasteiger partial charge in [-0.05, 0) is 36.2 Å². The molecule has 1 atom stereocenters. The summed E-state index contributed by atoms with van der Waals surface area (Å²) in [5.74, 6) is 0.587. The fourth-order valence-electron chi connectivity index (χ4n) is 2.17. The monoisotopic (exact) mass is 323 g/mol. The number of hydrogen-bond donors (Lipinski definition) is 1. The molecular weight excluding hydrogens is 302 g/mol. The Kier molecular flexibility index (Phi) is 5.76. The molecule has 22 heavy (non-hydrogen) atoms. The van der Waals surface area contributed by atoms with Crippen LogP contribution < -0.4 is 4.72 Å². The van der Waals surface area contributed by atoms with E-state index in [2.05, 4.69) is 11.6 Å². The van der Waals surface area contributed by atoms with Crippen molar-refractivity contribution in [2.75, 3.05) is 13.7 Å². The van der Waals surface area contributed by atoms with Gasteiger partial charge in [0.05, 0.1) is 11.2 Å². The Morgan fingerprint density at radius 2 is 1.95 bits per heavy atom. The van der Waals surface area contributed by atoms with Crippen molar-refractivity contribution in [3.8, 4) is 0 Å². The third-order valence-electron chi connectivity index (χ3n) is 3.38. The molecule has 0 saturated carbocycles. The topological polar surface area (TPSA) is 68.5 Å². The van der Waals surface area contributed by atoms with Crippen molar-refractivity contribution in [1.82, 2.24) is 4.72 Å². The normalized spacial score (nSPS) is 13.2. The zero-order valence-electron chi connectivity index (χ0n) is 12.8. The summed E-state index contributed by atoms with van der Waals surface area (Å²) in [5, 5.41) is 0. The summed E-state index contributed by atoms with van der Waals surface area (Å²) in [6, 6.07) is 10.4. The van der Waals surface area contributed by atoms with Crippen LogP contribution in [-0.4, -0.2) is 22.1 Å². The van der Waals surface area contributed by atoms with E-state index < -0.39 is 16.1 Å². The molecular formula is C16H21NO4S. The average Bonchev–Trinajstić information content (AvgIpc) is 3.03. The van der Waals surface area contributed by atoms with Gasteiger partial charge in [0, 0.05) is 13.7 Å². The zero-order valence-corrected chi connectivity index (χ0v) is 13.6. The zero-order chi connectivity index (χ0) is 16.0. The second-order valence-electron chi connectivity index (χ2n) is 4.99. The van der Waals surface area contributed by atoms with Gasteiger partial charge in [-0.25, -0.2) is 13.1 Å². The molecule has 1 heterocycles. The Bertz CT molecular complexity index is 663. The van der Waals surface area contributed by atoms with Gasteiger partial charge < -0.3 is 9.15 Å². The summed E-state index contributed by atoms with van der Waals surface area (Å²) in [5.41, 5.74) is 1.13. The van der Waals surface area contributed by atoms with Crippen LogP contribution in [0.3, 0.4) is 0 Å². The summed E-state index contributed by atoms with van der Waals surface area (Å²) in [6.45, 7) is 2.20. The van der Waals surface area contributed by atoms with Crippen LogP contribution >= 0.6 is 0 Å². The predicted octanol–water partition coefficient (Wildman–Crippen LogP) is 2.90. The lowest BCUT2D eigenvalue weighted by atomic mass is 10.1. The minimum Gasteiger partial charge on any atom is -0.467 e. The van der Waals surface area contributed by atoms with E-state index in [9.17, 15) is 8.42 Å². The molecule has 0 fully saturated rings. The molecule has 0 aliphatic carbocycles. The van der Waals surface area contributed by atoms with Crippen LogP contribution in [0.4, 0.5) is 0 Å². The van der Waals surface area contributed by atoms with E-state index in [1.807, 2.05) is 12.1 Å². The number of benzene rings is 1. The molecule has 1 unspecified atom stereocenters. The summed E-state index contributed by atoms with van der Waals surface area (Å²) in [4.78, 5) is 0.252. The summed E-state index contributed by atoms with van der Waals surface area (Å²) >= 11 is 0. The molecule has 2 aromatic rings. The Labute approximate surface area is 131 Å². The molecule has 6 heteroatoms. The van der Waals surface area contributed by atoms with Crippen LogP contribution in [0, 0.1) is 0 Å². The Morgan fingerprint density at radius 3 is 2.50 bits per heavy atom. The molecule has 0 spiro atoms. The molecule has 0 saturated heterocycles. The molecule has 0 radical (unpaired) electrons. The van der Waals surface area contributed by atoms with Crippen molar-refractivity contribution in [3.63, 3.8) is 0 Å². The van der Waals surface area contributed by atoms with Crippen LogP contribution in [0.15, 0.2) is 52.0 Å². The number of aryl methyl sites for hydroxylation is 1. The van der Waals surface area contributed by atoms with Crippen molar-refractivity contribution in [2.24, 2.45) is 0 Å². The number of ether oxygens (including phenoxy) is 1. The van der Waals surface area contributed by atoms with Crippen LogP contribution in [0.5, 0.6) is 0 Å². The molecule has 0 aliphatic heterocycles. The fourth-order valence-corrected chi connectivity index (χ4v) is 3.20. The van der Waals surface area contributed by atoms with E-state index in [1.165, 1.54) is 13.4 Å². The second kappa shape index (κ2) is 7.58. The lowest BCUT2D eigenvalue weighted by Crippen LogP contribution is -2.29. The van der Waals surface area contributed by atoms with Crippen molar-refractivity contribution in [3.05, 3.63) is 54.0 Å². The van der Waals surface area contributed by atoms with Crippen LogP contribution in [0.25, 0.3) is 0 Å². The first kappa shape index (κ1) is 16.7. The van der Waals surface area contributed by atoms with Gasteiger partial charge in [-0.1, -0.05) is 25.5 Å². The van der Waals surface area contributed by atoms with Crippen LogP contribution in [-0.2, 0) is 21.2 Å². The molecule has 0 bridgehead atoms. The highest BCUT2D eigenvalue weighted by Gasteiger charge is 2.19. The largest absolute Gasteiger partial charge is 0.467 e. The summed E-state index contributed by atoms with van der Waals surface area (Å²) in [7, 11) is -2.04. The highest BCUT2D eigenvalue weighted by Crippen LogP contribution is 2.17. The first-order valence-corrected chi connectivity index (χ1v) is 8.70. The third kappa shape index (κ3) is 4.19. The van der Waals surface area contributed by atoms with Crippen LogP contribution in [0.2, 0.25) is 0 Å². The van der Waals surface area contributed by atoms with Gasteiger partial charge in [0.25, 0.3) is 0 Å². The molecule has 0 aliphatic rings. The highest BCUT2D eigenvalue weighted by atomic mass is 32.2. The first-order chi connectivity index (χ1) is 10.6. The van der Waals surface area contributed by atoms with Gasteiger partial charge >= 0.3 is 0 Å². The van der Waals surface area contributed by atoms with Gasteiger partial charge in [-0.15, -0.1) is 0 Å².